The molecule has 6 heteroatoms. The summed E-state index contributed by atoms with van der Waals surface area (Å²) in [6, 6.07) is 18.2. The number of hydrogen-bond donors (Lipinski definition) is 1. The molecule has 4 nitrogen and oxygen atoms in total. The highest BCUT2D eigenvalue weighted by Gasteiger charge is 2.35. The molecular weight excluding hydrogens is 412 g/mol. The van der Waals surface area contributed by atoms with Gasteiger partial charge in [-0.1, -0.05) is 30.3 Å². The van der Waals surface area contributed by atoms with Gasteiger partial charge in [-0.25, -0.2) is 8.78 Å². The summed E-state index contributed by atoms with van der Waals surface area (Å²) in [6.45, 7) is 1.33. The fourth-order valence-electron chi connectivity index (χ4n) is 4.13. The van der Waals surface area contributed by atoms with Gasteiger partial charge in [0.05, 0.1) is 5.56 Å². The Morgan fingerprint density at radius 2 is 1.53 bits per heavy atom. The second kappa shape index (κ2) is 9.40. The molecule has 3 aromatic carbocycles. The minimum Gasteiger partial charge on any atom is -0.381 e. The van der Waals surface area contributed by atoms with Gasteiger partial charge in [0.2, 0.25) is 0 Å². The summed E-state index contributed by atoms with van der Waals surface area (Å²) in [7, 11) is 0. The van der Waals surface area contributed by atoms with E-state index in [-0.39, 0.29) is 29.3 Å². The van der Waals surface area contributed by atoms with Crippen LogP contribution in [0.25, 0.3) is 0 Å². The lowest BCUT2D eigenvalue weighted by atomic mass is 9.74. The number of rotatable bonds is 6. The predicted molar refractivity (Wildman–Crippen MR) is 117 cm³/mol. The summed E-state index contributed by atoms with van der Waals surface area (Å²) in [6.07, 6.45) is 1.29. The van der Waals surface area contributed by atoms with Gasteiger partial charge in [0, 0.05) is 36.3 Å². The van der Waals surface area contributed by atoms with Crippen molar-refractivity contribution in [1.82, 2.24) is 5.32 Å². The van der Waals surface area contributed by atoms with E-state index in [2.05, 4.69) is 5.32 Å². The Morgan fingerprint density at radius 1 is 0.844 bits per heavy atom. The zero-order valence-corrected chi connectivity index (χ0v) is 17.4. The van der Waals surface area contributed by atoms with E-state index in [4.69, 9.17) is 4.74 Å². The van der Waals surface area contributed by atoms with Gasteiger partial charge in [0.15, 0.2) is 5.78 Å². The molecule has 32 heavy (non-hydrogen) atoms. The smallest absolute Gasteiger partial charge is 0.252 e. The van der Waals surface area contributed by atoms with Crippen LogP contribution in [0, 0.1) is 11.6 Å². The second-order valence-corrected chi connectivity index (χ2v) is 7.97. The van der Waals surface area contributed by atoms with E-state index >= 15 is 0 Å². The molecule has 0 radical (unpaired) electrons. The van der Waals surface area contributed by atoms with E-state index in [0.717, 1.165) is 5.56 Å². The van der Waals surface area contributed by atoms with Crippen LogP contribution in [0.2, 0.25) is 0 Å². The Morgan fingerprint density at radius 3 is 2.22 bits per heavy atom. The zero-order chi connectivity index (χ0) is 22.6. The number of halogens is 2. The van der Waals surface area contributed by atoms with Gasteiger partial charge in [0.1, 0.15) is 11.6 Å². The van der Waals surface area contributed by atoms with Gasteiger partial charge in [-0.2, -0.15) is 0 Å². The number of benzene rings is 3. The molecule has 1 saturated heterocycles. The molecule has 0 unspecified atom stereocenters. The maximum Gasteiger partial charge on any atom is 0.252 e. The van der Waals surface area contributed by atoms with Gasteiger partial charge in [-0.15, -0.1) is 0 Å². The topological polar surface area (TPSA) is 55.4 Å². The number of ether oxygens (including phenoxy) is 1. The van der Waals surface area contributed by atoms with E-state index in [1.807, 2.05) is 6.07 Å². The molecule has 0 aromatic heterocycles. The predicted octanol–water partition coefficient (Wildman–Crippen LogP) is 4.67. The third-order valence-electron chi connectivity index (χ3n) is 6.00. The Labute approximate surface area is 185 Å². The number of hydrogen-bond acceptors (Lipinski definition) is 3. The first-order valence-corrected chi connectivity index (χ1v) is 10.5. The van der Waals surface area contributed by atoms with Crippen LogP contribution in [0.5, 0.6) is 0 Å². The first-order valence-electron chi connectivity index (χ1n) is 10.5. The molecular formula is C26H23F2NO3. The maximum absolute atomic E-state index is 13.9. The Bertz CT molecular complexity index is 1120. The number of amides is 1. The van der Waals surface area contributed by atoms with Crippen molar-refractivity contribution in [3.63, 3.8) is 0 Å². The summed E-state index contributed by atoms with van der Waals surface area (Å²) >= 11 is 0. The van der Waals surface area contributed by atoms with E-state index in [1.54, 1.807) is 30.3 Å². The molecule has 3 aromatic rings. The lowest BCUT2D eigenvalue weighted by Crippen LogP contribution is -2.44. The van der Waals surface area contributed by atoms with Gasteiger partial charge in [0.25, 0.3) is 5.91 Å². The molecule has 0 saturated carbocycles. The molecule has 0 aliphatic carbocycles. The Balaban J connectivity index is 1.57. The Kier molecular flexibility index (Phi) is 6.42. The molecule has 1 aliphatic heterocycles. The van der Waals surface area contributed by atoms with Gasteiger partial charge in [-0.05, 0) is 60.9 Å². The van der Waals surface area contributed by atoms with Crippen molar-refractivity contribution < 1.29 is 23.1 Å². The third-order valence-corrected chi connectivity index (χ3v) is 6.00. The molecule has 0 bridgehead atoms. The highest BCUT2D eigenvalue weighted by Crippen LogP contribution is 2.34. The quantitative estimate of drug-likeness (QED) is 0.573. The first kappa shape index (κ1) is 21.8. The van der Waals surface area contributed by atoms with Crippen molar-refractivity contribution >= 4 is 11.7 Å². The van der Waals surface area contributed by atoms with Crippen LogP contribution in [-0.2, 0) is 10.2 Å². The van der Waals surface area contributed by atoms with Crippen molar-refractivity contribution in [1.29, 1.82) is 0 Å². The van der Waals surface area contributed by atoms with Crippen molar-refractivity contribution in [2.45, 2.75) is 18.3 Å². The number of carbonyl (C=O) groups excluding carboxylic acids is 2. The average molecular weight is 435 g/mol. The monoisotopic (exact) mass is 435 g/mol. The van der Waals surface area contributed by atoms with Crippen molar-refractivity contribution in [2.75, 3.05) is 19.8 Å². The largest absolute Gasteiger partial charge is 0.381 e. The lowest BCUT2D eigenvalue weighted by Gasteiger charge is -2.38. The fraction of sp³-hybridized carbons (Fsp3) is 0.231. The summed E-state index contributed by atoms with van der Waals surface area (Å²) in [4.78, 5) is 26.1. The van der Waals surface area contributed by atoms with E-state index in [9.17, 15) is 18.4 Å². The SMILES string of the molecule is O=C(NCC1(c2cccc(F)c2)CCOCC1)c1ccccc1C(=O)c1ccc(F)cc1. The van der Waals surface area contributed by atoms with Crippen LogP contribution >= 0.6 is 0 Å². The van der Waals surface area contributed by atoms with Crippen molar-refractivity contribution in [3.05, 3.63) is 107 Å². The molecule has 0 atom stereocenters. The van der Waals surface area contributed by atoms with Crippen LogP contribution in [0.4, 0.5) is 8.78 Å². The average Bonchev–Trinajstić information content (AvgIpc) is 2.83. The number of carbonyl (C=O) groups is 2. The highest BCUT2D eigenvalue weighted by atomic mass is 19.1. The highest BCUT2D eigenvalue weighted by molar-refractivity contribution is 6.15. The minimum absolute atomic E-state index is 0.239. The normalized spacial score (nSPS) is 15.2. The zero-order valence-electron chi connectivity index (χ0n) is 17.4. The van der Waals surface area contributed by atoms with Crippen LogP contribution in [0.1, 0.15) is 44.7 Å². The maximum atomic E-state index is 13.9. The lowest BCUT2D eigenvalue weighted by molar-refractivity contribution is 0.0486. The van der Waals surface area contributed by atoms with Crippen LogP contribution in [-0.4, -0.2) is 31.4 Å². The number of ketones is 1. The standard InChI is InChI=1S/C26H23F2NO3/c27-20-10-8-18(9-11-20)24(30)22-6-1-2-7-23(22)25(31)29-17-26(12-14-32-15-13-26)19-4-3-5-21(28)16-19/h1-11,16H,12-15,17H2,(H,29,31). The Hall–Kier alpha value is -3.38. The molecule has 4 rings (SSSR count). The third kappa shape index (κ3) is 4.60. The molecule has 1 N–H and O–H groups in total. The van der Waals surface area contributed by atoms with Gasteiger partial charge >= 0.3 is 0 Å². The van der Waals surface area contributed by atoms with Crippen LogP contribution < -0.4 is 5.32 Å². The van der Waals surface area contributed by atoms with Crippen molar-refractivity contribution in [3.8, 4) is 0 Å². The van der Waals surface area contributed by atoms with E-state index in [1.165, 1.54) is 36.4 Å². The van der Waals surface area contributed by atoms with E-state index in [0.29, 0.717) is 31.6 Å². The summed E-state index contributed by atoms with van der Waals surface area (Å²) in [5.41, 5.74) is 1.14. The first-order chi connectivity index (χ1) is 15.5. The summed E-state index contributed by atoms with van der Waals surface area (Å²) < 4.78 is 32.6. The van der Waals surface area contributed by atoms with Crippen LogP contribution in [0.3, 0.4) is 0 Å². The molecule has 164 valence electrons. The second-order valence-electron chi connectivity index (χ2n) is 7.97. The molecule has 1 amide bonds. The summed E-state index contributed by atoms with van der Waals surface area (Å²) in [5, 5.41) is 2.95. The van der Waals surface area contributed by atoms with E-state index < -0.39 is 17.1 Å². The molecule has 1 fully saturated rings. The van der Waals surface area contributed by atoms with Gasteiger partial charge in [-0.3, -0.25) is 9.59 Å². The summed E-state index contributed by atoms with van der Waals surface area (Å²) in [5.74, 6) is -1.51. The van der Waals surface area contributed by atoms with Crippen LogP contribution in [0.15, 0.2) is 72.8 Å². The minimum atomic E-state index is -0.452. The fourth-order valence-corrected chi connectivity index (χ4v) is 4.13. The molecule has 0 spiro atoms. The number of nitrogens with one attached hydrogen (secondary N) is 1. The molecule has 1 aliphatic rings. The van der Waals surface area contributed by atoms with Crippen molar-refractivity contribution in [2.24, 2.45) is 0 Å². The molecule has 1 heterocycles. The van der Waals surface area contributed by atoms with Gasteiger partial charge < -0.3 is 10.1 Å².